The zero-order valence-electron chi connectivity index (χ0n) is 6.37. The van der Waals surface area contributed by atoms with E-state index in [9.17, 15) is 13.2 Å². The monoisotopic (exact) mass is 223 g/mol. The van der Waals surface area contributed by atoms with Gasteiger partial charge >= 0.3 is 5.69 Å². The number of aromatic nitrogens is 3. The molecule has 2 N–H and O–H groups in total. The summed E-state index contributed by atoms with van der Waals surface area (Å²) >= 11 is 5.32. The van der Waals surface area contributed by atoms with Gasteiger partial charge in [0.05, 0.1) is 5.75 Å². The van der Waals surface area contributed by atoms with E-state index < -0.39 is 26.4 Å². The molecule has 0 aliphatic rings. The van der Waals surface area contributed by atoms with Crippen LogP contribution in [-0.4, -0.2) is 29.4 Å². The average molecular weight is 224 g/mol. The SMILES string of the molecule is C=C(Cl)CS(=O)(=O)c1n[nH]c(=O)[nH]1. The van der Waals surface area contributed by atoms with Crippen molar-refractivity contribution < 1.29 is 8.42 Å². The zero-order valence-corrected chi connectivity index (χ0v) is 7.94. The van der Waals surface area contributed by atoms with Crippen molar-refractivity contribution in [3.63, 3.8) is 0 Å². The van der Waals surface area contributed by atoms with E-state index in [0.29, 0.717) is 0 Å². The van der Waals surface area contributed by atoms with Gasteiger partial charge in [-0.2, -0.15) is 0 Å². The fourth-order valence-corrected chi connectivity index (χ4v) is 2.09. The molecule has 0 radical (unpaired) electrons. The van der Waals surface area contributed by atoms with Crippen LogP contribution in [0.3, 0.4) is 0 Å². The first-order chi connectivity index (χ1) is 5.92. The van der Waals surface area contributed by atoms with Crippen LogP contribution < -0.4 is 5.69 Å². The number of sulfone groups is 1. The van der Waals surface area contributed by atoms with Crippen molar-refractivity contribution in [3.8, 4) is 0 Å². The topological polar surface area (TPSA) is 95.7 Å². The number of hydrogen-bond donors (Lipinski definition) is 2. The second kappa shape index (κ2) is 3.35. The molecule has 0 unspecified atom stereocenters. The second-order valence-electron chi connectivity index (χ2n) is 2.26. The Bertz CT molecular complexity index is 471. The summed E-state index contributed by atoms with van der Waals surface area (Å²) in [5, 5.41) is 4.73. The van der Waals surface area contributed by atoms with Crippen molar-refractivity contribution in [2.45, 2.75) is 5.16 Å². The van der Waals surface area contributed by atoms with Gasteiger partial charge in [0.25, 0.3) is 0 Å². The van der Waals surface area contributed by atoms with Crippen LogP contribution in [0, 0.1) is 0 Å². The third kappa shape index (κ3) is 2.43. The minimum absolute atomic E-state index is 0.0381. The van der Waals surface area contributed by atoms with Gasteiger partial charge in [0.1, 0.15) is 0 Å². The van der Waals surface area contributed by atoms with E-state index in [4.69, 9.17) is 11.6 Å². The predicted molar refractivity (Wildman–Crippen MR) is 46.3 cm³/mol. The molecule has 6 nitrogen and oxygen atoms in total. The number of H-pyrrole nitrogens is 2. The van der Waals surface area contributed by atoms with E-state index in [1.54, 1.807) is 0 Å². The quantitative estimate of drug-likeness (QED) is 0.731. The van der Waals surface area contributed by atoms with E-state index >= 15 is 0 Å². The van der Waals surface area contributed by atoms with Crippen LogP contribution in [-0.2, 0) is 9.84 Å². The molecule has 0 fully saturated rings. The lowest BCUT2D eigenvalue weighted by atomic mass is 10.7. The lowest BCUT2D eigenvalue weighted by Gasteiger charge is -1.95. The number of nitrogens with zero attached hydrogens (tertiary/aromatic N) is 1. The van der Waals surface area contributed by atoms with E-state index in [2.05, 4.69) is 11.7 Å². The smallest absolute Gasteiger partial charge is 0.280 e. The maximum absolute atomic E-state index is 11.3. The zero-order chi connectivity index (χ0) is 10.1. The molecular weight excluding hydrogens is 218 g/mol. The minimum Gasteiger partial charge on any atom is -0.280 e. The van der Waals surface area contributed by atoms with Gasteiger partial charge < -0.3 is 0 Å². The fourth-order valence-electron chi connectivity index (χ4n) is 0.676. The molecule has 0 saturated heterocycles. The van der Waals surface area contributed by atoms with Crippen molar-refractivity contribution in [2.75, 3.05) is 5.75 Å². The van der Waals surface area contributed by atoms with Crippen molar-refractivity contribution in [2.24, 2.45) is 0 Å². The third-order valence-corrected chi connectivity index (χ3v) is 2.92. The largest absolute Gasteiger partial charge is 0.341 e. The van der Waals surface area contributed by atoms with Crippen LogP contribution >= 0.6 is 11.6 Å². The lowest BCUT2D eigenvalue weighted by Crippen LogP contribution is -2.10. The summed E-state index contributed by atoms with van der Waals surface area (Å²) in [7, 11) is -3.67. The van der Waals surface area contributed by atoms with Crippen molar-refractivity contribution in [3.05, 3.63) is 22.1 Å². The molecule has 0 saturated carbocycles. The molecule has 0 bridgehead atoms. The van der Waals surface area contributed by atoms with E-state index in [1.165, 1.54) is 0 Å². The summed E-state index contributed by atoms with van der Waals surface area (Å²) in [5.41, 5.74) is -0.682. The van der Waals surface area contributed by atoms with Crippen molar-refractivity contribution >= 4 is 21.4 Å². The van der Waals surface area contributed by atoms with Crippen LogP contribution in [0.4, 0.5) is 0 Å². The number of rotatable bonds is 3. The third-order valence-electron chi connectivity index (χ3n) is 1.12. The molecular formula is C5H6ClN3O3S. The summed E-state index contributed by atoms with van der Waals surface area (Å²) in [6, 6.07) is 0. The minimum atomic E-state index is -3.67. The number of nitrogens with one attached hydrogen (secondary N) is 2. The Hall–Kier alpha value is -1.08. The van der Waals surface area contributed by atoms with Crippen molar-refractivity contribution in [1.82, 2.24) is 15.2 Å². The molecule has 1 aromatic rings. The van der Waals surface area contributed by atoms with Gasteiger partial charge in [-0.25, -0.2) is 18.3 Å². The first-order valence-electron chi connectivity index (χ1n) is 3.12. The molecule has 8 heteroatoms. The Morgan fingerprint density at radius 2 is 2.23 bits per heavy atom. The normalized spacial score (nSPS) is 11.5. The highest BCUT2D eigenvalue weighted by atomic mass is 35.5. The second-order valence-corrected chi connectivity index (χ2v) is 4.70. The predicted octanol–water partition coefficient (Wildman–Crippen LogP) is -0.376. The molecule has 1 heterocycles. The summed E-state index contributed by atoms with van der Waals surface area (Å²) in [6.07, 6.45) is 0. The van der Waals surface area contributed by atoms with Gasteiger partial charge in [-0.3, -0.25) is 4.98 Å². The first-order valence-corrected chi connectivity index (χ1v) is 5.15. The van der Waals surface area contributed by atoms with Gasteiger partial charge in [-0.15, -0.1) is 5.10 Å². The molecule has 1 aromatic heterocycles. The summed E-state index contributed by atoms with van der Waals surface area (Å²) < 4.78 is 22.5. The highest BCUT2D eigenvalue weighted by Gasteiger charge is 2.18. The van der Waals surface area contributed by atoms with Crippen LogP contribution in [0.15, 0.2) is 21.6 Å². The molecule has 0 aromatic carbocycles. The number of halogens is 1. The fraction of sp³-hybridized carbons (Fsp3) is 0.200. The first kappa shape index (κ1) is 10.0. The van der Waals surface area contributed by atoms with E-state index in [-0.39, 0.29) is 5.03 Å². The number of hydrogen-bond acceptors (Lipinski definition) is 4. The van der Waals surface area contributed by atoms with Gasteiger partial charge in [0, 0.05) is 5.03 Å². The summed E-state index contributed by atoms with van der Waals surface area (Å²) in [4.78, 5) is 12.5. The van der Waals surface area contributed by atoms with Gasteiger partial charge in [-0.05, 0) is 0 Å². The summed E-state index contributed by atoms with van der Waals surface area (Å²) in [5.74, 6) is -0.449. The van der Waals surface area contributed by atoms with Gasteiger partial charge in [-0.1, -0.05) is 18.2 Å². The number of aromatic amines is 2. The molecule has 0 aliphatic heterocycles. The standard InChI is InChI=1S/C5H6ClN3O3S/c1-3(6)2-13(11,12)5-7-4(10)8-9-5/h1-2H2,(H2,7,8,9,10). The Labute approximate surface area is 78.5 Å². The lowest BCUT2D eigenvalue weighted by molar-refractivity contribution is 0.590. The molecule has 13 heavy (non-hydrogen) atoms. The molecule has 0 amide bonds. The van der Waals surface area contributed by atoms with Gasteiger partial charge in [0.2, 0.25) is 15.0 Å². The van der Waals surface area contributed by atoms with Crippen LogP contribution in [0.5, 0.6) is 0 Å². The highest BCUT2D eigenvalue weighted by molar-refractivity contribution is 7.91. The highest BCUT2D eigenvalue weighted by Crippen LogP contribution is 2.08. The molecule has 0 aliphatic carbocycles. The van der Waals surface area contributed by atoms with Crippen LogP contribution in [0.1, 0.15) is 0 Å². The molecule has 0 atom stereocenters. The Morgan fingerprint density at radius 3 is 2.62 bits per heavy atom. The Balaban J connectivity index is 3.08. The van der Waals surface area contributed by atoms with E-state index in [1.807, 2.05) is 10.1 Å². The van der Waals surface area contributed by atoms with Gasteiger partial charge in [0.15, 0.2) is 0 Å². The van der Waals surface area contributed by atoms with Crippen molar-refractivity contribution in [1.29, 1.82) is 0 Å². The Morgan fingerprint density at radius 1 is 1.62 bits per heavy atom. The maximum atomic E-state index is 11.3. The maximum Gasteiger partial charge on any atom is 0.341 e. The van der Waals surface area contributed by atoms with E-state index in [0.717, 1.165) is 0 Å². The molecule has 72 valence electrons. The molecule has 0 spiro atoms. The molecule has 1 rings (SSSR count). The Kier molecular flexibility index (Phi) is 2.58. The van der Waals surface area contributed by atoms with Crippen LogP contribution in [0.2, 0.25) is 0 Å². The average Bonchev–Trinajstić information content (AvgIpc) is 2.32. The summed E-state index contributed by atoms with van der Waals surface area (Å²) in [6.45, 7) is 3.23. The van der Waals surface area contributed by atoms with Crippen LogP contribution in [0.25, 0.3) is 0 Å².